The SMILES string of the molecule is C=CCN1CCC(NC(=NC)NCCCC(=O)OC2CCCC2)CC1.I. The van der Waals surface area contributed by atoms with E-state index in [-0.39, 0.29) is 36.0 Å². The van der Waals surface area contributed by atoms with Gasteiger partial charge in [0, 0.05) is 45.7 Å². The summed E-state index contributed by atoms with van der Waals surface area (Å²) >= 11 is 0. The molecule has 0 aromatic carbocycles. The Bertz CT molecular complexity index is 445. The average Bonchev–Trinajstić information content (AvgIpc) is 3.12. The topological polar surface area (TPSA) is 66.0 Å². The molecule has 1 aliphatic heterocycles. The van der Waals surface area contributed by atoms with E-state index in [9.17, 15) is 4.79 Å². The van der Waals surface area contributed by atoms with E-state index in [2.05, 4.69) is 27.1 Å². The van der Waals surface area contributed by atoms with Crippen LogP contribution in [-0.2, 0) is 9.53 Å². The minimum Gasteiger partial charge on any atom is -0.462 e. The Morgan fingerprint density at radius 1 is 1.27 bits per heavy atom. The molecule has 26 heavy (non-hydrogen) atoms. The summed E-state index contributed by atoms with van der Waals surface area (Å²) in [6, 6.07) is 0.458. The number of esters is 1. The number of carbonyl (C=O) groups excluding carboxylic acids is 1. The Labute approximate surface area is 175 Å². The van der Waals surface area contributed by atoms with Crippen LogP contribution in [0.5, 0.6) is 0 Å². The van der Waals surface area contributed by atoms with Crippen LogP contribution in [0.25, 0.3) is 0 Å². The highest BCUT2D eigenvalue weighted by atomic mass is 127. The van der Waals surface area contributed by atoms with Crippen molar-refractivity contribution < 1.29 is 9.53 Å². The summed E-state index contributed by atoms with van der Waals surface area (Å²) in [5.74, 6) is 0.762. The fraction of sp³-hybridized carbons (Fsp3) is 0.789. The number of nitrogens with zero attached hydrogens (tertiary/aromatic N) is 2. The van der Waals surface area contributed by atoms with Gasteiger partial charge in [0.05, 0.1) is 0 Å². The largest absolute Gasteiger partial charge is 0.462 e. The summed E-state index contributed by atoms with van der Waals surface area (Å²) in [7, 11) is 1.79. The van der Waals surface area contributed by atoms with Crippen LogP contribution in [0, 0.1) is 0 Å². The molecule has 0 radical (unpaired) electrons. The van der Waals surface area contributed by atoms with Crippen LogP contribution >= 0.6 is 24.0 Å². The van der Waals surface area contributed by atoms with Crippen molar-refractivity contribution in [2.24, 2.45) is 4.99 Å². The van der Waals surface area contributed by atoms with E-state index in [1.54, 1.807) is 7.05 Å². The summed E-state index contributed by atoms with van der Waals surface area (Å²) in [6.07, 6.45) is 10.0. The molecule has 2 rings (SSSR count). The Balaban J connectivity index is 0.00000338. The van der Waals surface area contributed by atoms with Crippen molar-refractivity contribution in [2.45, 2.75) is 63.5 Å². The van der Waals surface area contributed by atoms with Gasteiger partial charge in [0.15, 0.2) is 5.96 Å². The fourth-order valence-electron chi connectivity index (χ4n) is 3.52. The molecule has 150 valence electrons. The summed E-state index contributed by atoms with van der Waals surface area (Å²) in [5, 5.41) is 6.79. The summed E-state index contributed by atoms with van der Waals surface area (Å²) < 4.78 is 5.47. The second-order valence-electron chi connectivity index (χ2n) is 7.01. The van der Waals surface area contributed by atoms with Crippen LogP contribution in [0.3, 0.4) is 0 Å². The van der Waals surface area contributed by atoms with Gasteiger partial charge >= 0.3 is 5.97 Å². The van der Waals surface area contributed by atoms with Crippen LogP contribution in [0.2, 0.25) is 0 Å². The highest BCUT2D eigenvalue weighted by molar-refractivity contribution is 14.0. The molecule has 0 spiro atoms. The molecule has 0 atom stereocenters. The van der Waals surface area contributed by atoms with Gasteiger partial charge in [-0.25, -0.2) is 0 Å². The van der Waals surface area contributed by atoms with E-state index < -0.39 is 0 Å². The van der Waals surface area contributed by atoms with Gasteiger partial charge in [0.1, 0.15) is 6.10 Å². The molecule has 0 unspecified atom stereocenters. The van der Waals surface area contributed by atoms with Gasteiger partial charge < -0.3 is 15.4 Å². The number of halogens is 1. The lowest BCUT2D eigenvalue weighted by molar-refractivity contribution is -0.148. The molecule has 0 aromatic heterocycles. The lowest BCUT2D eigenvalue weighted by Crippen LogP contribution is -2.48. The summed E-state index contributed by atoms with van der Waals surface area (Å²) in [4.78, 5) is 18.5. The van der Waals surface area contributed by atoms with Gasteiger partial charge in [0.25, 0.3) is 0 Å². The molecule has 1 saturated heterocycles. The average molecular weight is 478 g/mol. The second-order valence-corrected chi connectivity index (χ2v) is 7.01. The Hall–Kier alpha value is -0.830. The van der Waals surface area contributed by atoms with Crippen LogP contribution < -0.4 is 10.6 Å². The third-order valence-corrected chi connectivity index (χ3v) is 4.99. The van der Waals surface area contributed by atoms with E-state index in [1.165, 1.54) is 12.8 Å². The first-order valence-electron chi connectivity index (χ1n) is 9.71. The van der Waals surface area contributed by atoms with Crippen LogP contribution in [0.15, 0.2) is 17.6 Å². The molecule has 6 nitrogen and oxygen atoms in total. The number of guanidine groups is 1. The van der Waals surface area contributed by atoms with Crippen molar-refractivity contribution in [1.29, 1.82) is 0 Å². The highest BCUT2D eigenvalue weighted by Crippen LogP contribution is 2.21. The Morgan fingerprint density at radius 2 is 1.96 bits per heavy atom. The first-order chi connectivity index (χ1) is 12.2. The number of rotatable bonds is 8. The van der Waals surface area contributed by atoms with E-state index in [0.717, 1.165) is 64.2 Å². The van der Waals surface area contributed by atoms with E-state index in [1.807, 2.05) is 6.08 Å². The number of likely N-dealkylation sites (tertiary alicyclic amines) is 1. The van der Waals surface area contributed by atoms with Crippen LogP contribution in [-0.4, -0.2) is 62.2 Å². The molecule has 7 heteroatoms. The lowest BCUT2D eigenvalue weighted by Gasteiger charge is -2.32. The van der Waals surface area contributed by atoms with Gasteiger partial charge in [-0.05, 0) is 44.9 Å². The normalized spacial score (nSPS) is 19.7. The van der Waals surface area contributed by atoms with Crippen molar-refractivity contribution in [3.05, 3.63) is 12.7 Å². The van der Waals surface area contributed by atoms with Crippen molar-refractivity contribution in [3.63, 3.8) is 0 Å². The number of piperidine rings is 1. The maximum absolute atomic E-state index is 11.8. The predicted octanol–water partition coefficient (Wildman–Crippen LogP) is 2.69. The first-order valence-corrected chi connectivity index (χ1v) is 9.71. The zero-order valence-electron chi connectivity index (χ0n) is 16.0. The van der Waals surface area contributed by atoms with Crippen molar-refractivity contribution >= 4 is 35.9 Å². The zero-order valence-corrected chi connectivity index (χ0v) is 18.4. The molecular formula is C19H35IN4O2. The molecular weight excluding hydrogens is 443 g/mol. The maximum atomic E-state index is 11.8. The minimum atomic E-state index is -0.0637. The Morgan fingerprint density at radius 3 is 2.58 bits per heavy atom. The monoisotopic (exact) mass is 478 g/mol. The predicted molar refractivity (Wildman–Crippen MR) is 117 cm³/mol. The number of carbonyl (C=O) groups is 1. The van der Waals surface area contributed by atoms with Gasteiger partial charge in [0.2, 0.25) is 0 Å². The van der Waals surface area contributed by atoms with Crippen molar-refractivity contribution in [1.82, 2.24) is 15.5 Å². The lowest BCUT2D eigenvalue weighted by atomic mass is 10.1. The molecule has 2 N–H and O–H groups in total. The number of nitrogens with one attached hydrogen (secondary N) is 2. The molecule has 1 saturated carbocycles. The molecule has 1 aliphatic carbocycles. The quantitative estimate of drug-likeness (QED) is 0.140. The third-order valence-electron chi connectivity index (χ3n) is 4.99. The zero-order chi connectivity index (χ0) is 17.9. The Kier molecular flexibility index (Phi) is 11.9. The number of aliphatic imine (C=N–C) groups is 1. The fourth-order valence-corrected chi connectivity index (χ4v) is 3.52. The van der Waals surface area contributed by atoms with Gasteiger partial charge in [-0.1, -0.05) is 6.08 Å². The molecule has 0 amide bonds. The van der Waals surface area contributed by atoms with Gasteiger partial charge in [-0.3, -0.25) is 14.7 Å². The van der Waals surface area contributed by atoms with Crippen LogP contribution in [0.1, 0.15) is 51.4 Å². The smallest absolute Gasteiger partial charge is 0.306 e. The van der Waals surface area contributed by atoms with Crippen LogP contribution in [0.4, 0.5) is 0 Å². The third kappa shape index (κ3) is 8.70. The first kappa shape index (κ1) is 23.2. The van der Waals surface area contributed by atoms with Gasteiger partial charge in [-0.2, -0.15) is 0 Å². The second kappa shape index (κ2) is 13.4. The minimum absolute atomic E-state index is 0. The number of hydrogen-bond donors (Lipinski definition) is 2. The molecule has 2 fully saturated rings. The standard InChI is InChI=1S/C19H34N4O2.HI/c1-3-13-23-14-10-16(11-15-23)22-19(20-2)21-12-6-9-18(24)25-17-7-4-5-8-17;/h3,16-17H,1,4-15H2,2H3,(H2,20,21,22);1H. The number of hydrogen-bond acceptors (Lipinski definition) is 4. The summed E-state index contributed by atoms with van der Waals surface area (Å²) in [6.45, 7) is 7.68. The molecule has 1 heterocycles. The van der Waals surface area contributed by atoms with E-state index in [0.29, 0.717) is 12.5 Å². The number of ether oxygens (including phenoxy) is 1. The van der Waals surface area contributed by atoms with Crippen molar-refractivity contribution in [2.75, 3.05) is 33.2 Å². The summed E-state index contributed by atoms with van der Waals surface area (Å²) in [5.41, 5.74) is 0. The maximum Gasteiger partial charge on any atom is 0.306 e. The van der Waals surface area contributed by atoms with E-state index in [4.69, 9.17) is 4.74 Å². The van der Waals surface area contributed by atoms with Crippen molar-refractivity contribution in [3.8, 4) is 0 Å². The van der Waals surface area contributed by atoms with E-state index >= 15 is 0 Å². The highest BCUT2D eigenvalue weighted by Gasteiger charge is 2.20. The molecule has 0 aromatic rings. The van der Waals surface area contributed by atoms with Gasteiger partial charge in [-0.15, -0.1) is 30.6 Å². The molecule has 2 aliphatic rings. The molecule has 0 bridgehead atoms.